The molecular formula is C24H25BrINO. The van der Waals surface area contributed by atoms with E-state index in [0.717, 1.165) is 17.4 Å². The first-order valence-electron chi connectivity index (χ1n) is 9.42. The largest absolute Gasteiger partial charge is 0.375 e. The Kier molecular flexibility index (Phi) is 8.52. The molecule has 3 rings (SSSR count). The van der Waals surface area contributed by atoms with Gasteiger partial charge in [-0.05, 0) is 64.9 Å². The van der Waals surface area contributed by atoms with Gasteiger partial charge < -0.3 is 4.74 Å². The SMILES string of the molecule is CN(Cc1ccccc1Br)[C@H](COCc1ccccc1I)Cc1ccccc1. The summed E-state index contributed by atoms with van der Waals surface area (Å²) in [6.45, 7) is 2.22. The van der Waals surface area contributed by atoms with Crippen LogP contribution in [0.5, 0.6) is 0 Å². The maximum Gasteiger partial charge on any atom is 0.0727 e. The summed E-state index contributed by atoms with van der Waals surface area (Å²) < 4.78 is 8.57. The van der Waals surface area contributed by atoms with Crippen LogP contribution in [0.25, 0.3) is 0 Å². The fourth-order valence-electron chi connectivity index (χ4n) is 3.17. The molecule has 1 atom stereocenters. The summed E-state index contributed by atoms with van der Waals surface area (Å²) in [4.78, 5) is 2.39. The van der Waals surface area contributed by atoms with Gasteiger partial charge in [-0.15, -0.1) is 0 Å². The van der Waals surface area contributed by atoms with Crippen LogP contribution >= 0.6 is 38.5 Å². The Morgan fingerprint density at radius 2 is 1.54 bits per heavy atom. The van der Waals surface area contributed by atoms with Crippen molar-refractivity contribution >= 4 is 38.5 Å². The number of ether oxygens (including phenoxy) is 1. The van der Waals surface area contributed by atoms with Gasteiger partial charge in [0.25, 0.3) is 0 Å². The van der Waals surface area contributed by atoms with Crippen molar-refractivity contribution in [3.63, 3.8) is 0 Å². The molecule has 0 fully saturated rings. The van der Waals surface area contributed by atoms with Gasteiger partial charge in [-0.25, -0.2) is 0 Å². The summed E-state index contributed by atoms with van der Waals surface area (Å²) in [5.41, 5.74) is 3.88. The quantitative estimate of drug-likeness (QED) is 0.290. The lowest BCUT2D eigenvalue weighted by Gasteiger charge is -2.29. The van der Waals surface area contributed by atoms with Crippen molar-refractivity contribution in [1.29, 1.82) is 0 Å². The van der Waals surface area contributed by atoms with Crippen molar-refractivity contribution in [2.45, 2.75) is 25.6 Å². The maximum absolute atomic E-state index is 6.17. The van der Waals surface area contributed by atoms with Gasteiger partial charge in [0.15, 0.2) is 0 Å². The molecule has 0 heterocycles. The van der Waals surface area contributed by atoms with E-state index in [-0.39, 0.29) is 0 Å². The first-order chi connectivity index (χ1) is 13.6. The lowest BCUT2D eigenvalue weighted by molar-refractivity contribution is 0.0571. The number of benzene rings is 3. The predicted octanol–water partition coefficient (Wildman–Crippen LogP) is 6.31. The van der Waals surface area contributed by atoms with Crippen LogP contribution in [0.2, 0.25) is 0 Å². The van der Waals surface area contributed by atoms with Gasteiger partial charge in [-0.3, -0.25) is 4.90 Å². The Morgan fingerprint density at radius 3 is 2.25 bits per heavy atom. The Morgan fingerprint density at radius 1 is 0.893 bits per heavy atom. The Labute approximate surface area is 190 Å². The zero-order valence-electron chi connectivity index (χ0n) is 16.0. The van der Waals surface area contributed by atoms with Gasteiger partial charge in [-0.2, -0.15) is 0 Å². The van der Waals surface area contributed by atoms with Crippen molar-refractivity contribution in [2.24, 2.45) is 0 Å². The van der Waals surface area contributed by atoms with Crippen LogP contribution in [0, 0.1) is 3.57 Å². The molecule has 146 valence electrons. The van der Waals surface area contributed by atoms with Gasteiger partial charge in [0.2, 0.25) is 0 Å². The zero-order chi connectivity index (χ0) is 19.8. The van der Waals surface area contributed by atoms with Crippen LogP contribution in [-0.4, -0.2) is 24.6 Å². The molecule has 28 heavy (non-hydrogen) atoms. The minimum atomic E-state index is 0.302. The normalized spacial score (nSPS) is 12.3. The van der Waals surface area contributed by atoms with E-state index < -0.39 is 0 Å². The molecule has 0 N–H and O–H groups in total. The monoisotopic (exact) mass is 549 g/mol. The lowest BCUT2D eigenvalue weighted by Crippen LogP contribution is -2.37. The lowest BCUT2D eigenvalue weighted by atomic mass is 10.0. The van der Waals surface area contributed by atoms with E-state index in [2.05, 4.69) is 129 Å². The molecule has 0 aliphatic heterocycles. The molecule has 0 radical (unpaired) electrons. The first-order valence-corrected chi connectivity index (χ1v) is 11.3. The van der Waals surface area contributed by atoms with Crippen molar-refractivity contribution in [3.8, 4) is 0 Å². The predicted molar refractivity (Wildman–Crippen MR) is 128 cm³/mol. The van der Waals surface area contributed by atoms with Crippen LogP contribution in [0.3, 0.4) is 0 Å². The third-order valence-electron chi connectivity index (χ3n) is 4.84. The summed E-state index contributed by atoms with van der Waals surface area (Å²) in [6, 6.07) is 27.8. The summed E-state index contributed by atoms with van der Waals surface area (Å²) in [7, 11) is 2.18. The summed E-state index contributed by atoms with van der Waals surface area (Å²) in [5, 5.41) is 0. The molecule has 3 aromatic rings. The Bertz CT molecular complexity index is 871. The van der Waals surface area contributed by atoms with Crippen molar-refractivity contribution in [1.82, 2.24) is 4.90 Å². The van der Waals surface area contributed by atoms with E-state index in [0.29, 0.717) is 19.3 Å². The van der Waals surface area contributed by atoms with Crippen molar-refractivity contribution < 1.29 is 4.74 Å². The average molecular weight is 550 g/mol. The van der Waals surface area contributed by atoms with E-state index in [9.17, 15) is 0 Å². The molecule has 3 aromatic carbocycles. The van der Waals surface area contributed by atoms with Crippen LogP contribution in [0.1, 0.15) is 16.7 Å². The minimum Gasteiger partial charge on any atom is -0.375 e. The van der Waals surface area contributed by atoms with Crippen LogP contribution in [0.4, 0.5) is 0 Å². The zero-order valence-corrected chi connectivity index (χ0v) is 19.8. The fourth-order valence-corrected chi connectivity index (χ4v) is 4.13. The molecule has 0 unspecified atom stereocenters. The van der Waals surface area contributed by atoms with Crippen LogP contribution in [0.15, 0.2) is 83.3 Å². The van der Waals surface area contributed by atoms with Gasteiger partial charge in [0.1, 0.15) is 0 Å². The molecule has 4 heteroatoms. The van der Waals surface area contributed by atoms with E-state index in [1.54, 1.807) is 0 Å². The van der Waals surface area contributed by atoms with E-state index in [1.165, 1.54) is 20.3 Å². The second-order valence-corrected chi connectivity index (χ2v) is 8.97. The number of hydrogen-bond acceptors (Lipinski definition) is 2. The summed E-state index contributed by atoms with van der Waals surface area (Å²) in [6.07, 6.45) is 0.966. The molecule has 0 spiro atoms. The molecular weight excluding hydrogens is 525 g/mol. The van der Waals surface area contributed by atoms with Gasteiger partial charge >= 0.3 is 0 Å². The number of likely N-dealkylation sites (N-methyl/N-ethyl adjacent to an activating group) is 1. The molecule has 0 saturated heterocycles. The highest BCUT2D eigenvalue weighted by Crippen LogP contribution is 2.20. The van der Waals surface area contributed by atoms with Crippen molar-refractivity contribution in [2.75, 3.05) is 13.7 Å². The number of halogens is 2. The molecule has 2 nitrogen and oxygen atoms in total. The van der Waals surface area contributed by atoms with Crippen molar-refractivity contribution in [3.05, 3.63) is 104 Å². The summed E-state index contributed by atoms with van der Waals surface area (Å²) in [5.74, 6) is 0. The molecule has 0 aliphatic carbocycles. The summed E-state index contributed by atoms with van der Waals surface area (Å²) >= 11 is 6.05. The first kappa shape index (κ1) is 21.5. The fraction of sp³-hybridized carbons (Fsp3) is 0.250. The second kappa shape index (κ2) is 11.1. The third kappa shape index (κ3) is 6.41. The number of nitrogens with zero attached hydrogens (tertiary/aromatic N) is 1. The van der Waals surface area contributed by atoms with E-state index >= 15 is 0 Å². The molecule has 0 bridgehead atoms. The third-order valence-corrected chi connectivity index (χ3v) is 6.67. The van der Waals surface area contributed by atoms with Crippen LogP contribution < -0.4 is 0 Å². The highest BCUT2D eigenvalue weighted by molar-refractivity contribution is 14.1. The Balaban J connectivity index is 1.67. The van der Waals surface area contributed by atoms with Gasteiger partial charge in [0.05, 0.1) is 13.2 Å². The van der Waals surface area contributed by atoms with E-state index in [1.807, 2.05) is 0 Å². The van der Waals surface area contributed by atoms with Gasteiger partial charge in [0, 0.05) is 20.6 Å². The van der Waals surface area contributed by atoms with Crippen LogP contribution in [-0.2, 0) is 24.3 Å². The van der Waals surface area contributed by atoms with Gasteiger partial charge in [-0.1, -0.05) is 82.7 Å². The molecule has 0 saturated carbocycles. The molecule has 0 aromatic heterocycles. The topological polar surface area (TPSA) is 12.5 Å². The number of hydrogen-bond donors (Lipinski definition) is 0. The maximum atomic E-state index is 6.17. The standard InChI is InChI=1S/C24H25BrINO/c1-27(16-20-11-5-7-13-23(20)25)22(15-19-9-3-2-4-10-19)18-28-17-21-12-6-8-14-24(21)26/h2-14,22H,15-18H2,1H3/t22-/m0/s1. The molecule has 0 amide bonds. The smallest absolute Gasteiger partial charge is 0.0727 e. The highest BCUT2D eigenvalue weighted by Gasteiger charge is 2.17. The second-order valence-electron chi connectivity index (χ2n) is 6.96. The highest BCUT2D eigenvalue weighted by atomic mass is 127. The average Bonchev–Trinajstić information content (AvgIpc) is 2.71. The minimum absolute atomic E-state index is 0.302. The van der Waals surface area contributed by atoms with E-state index in [4.69, 9.17) is 4.74 Å². The molecule has 0 aliphatic rings. The number of rotatable bonds is 9. The Hall–Kier alpha value is -1.21.